The molecule has 3 nitrogen and oxygen atoms in total. The Hall–Kier alpha value is -2.49. The molecule has 0 aliphatic carbocycles. The molecule has 0 unspecified atom stereocenters. The second kappa shape index (κ2) is 8.47. The highest BCUT2D eigenvalue weighted by Gasteiger charge is 2.10. The summed E-state index contributed by atoms with van der Waals surface area (Å²) in [7, 11) is 0. The molecule has 3 aromatic rings. The predicted molar refractivity (Wildman–Crippen MR) is 111 cm³/mol. The van der Waals surface area contributed by atoms with Gasteiger partial charge in [-0.2, -0.15) is 0 Å². The highest BCUT2D eigenvalue weighted by atomic mass is 35.5. The van der Waals surface area contributed by atoms with Crippen LogP contribution in [0.4, 0.5) is 5.69 Å². The lowest BCUT2D eigenvalue weighted by molar-refractivity contribution is 0.102. The molecule has 0 atom stereocenters. The molecule has 3 rings (SSSR count). The van der Waals surface area contributed by atoms with Crippen molar-refractivity contribution >= 4 is 34.8 Å². The molecule has 5 heteroatoms. The summed E-state index contributed by atoms with van der Waals surface area (Å²) in [4.78, 5) is 12.6. The summed E-state index contributed by atoms with van der Waals surface area (Å²) in [5.41, 5.74) is 4.43. The summed E-state index contributed by atoms with van der Waals surface area (Å²) >= 11 is 12.1. The summed E-state index contributed by atoms with van der Waals surface area (Å²) in [6.45, 7) is 4.29. The van der Waals surface area contributed by atoms with Crippen LogP contribution in [0.2, 0.25) is 10.0 Å². The number of aryl methyl sites for hydroxylation is 1. The van der Waals surface area contributed by atoms with Gasteiger partial charge in [-0.05, 0) is 60.9 Å². The zero-order chi connectivity index (χ0) is 19.4. The fraction of sp³-hybridized carbons (Fsp3) is 0.136. The predicted octanol–water partition coefficient (Wildman–Crippen LogP) is 6.44. The molecule has 3 aromatic carbocycles. The Balaban J connectivity index is 1.72. The van der Waals surface area contributed by atoms with Gasteiger partial charge in [-0.1, -0.05) is 47.5 Å². The van der Waals surface area contributed by atoms with Crippen molar-refractivity contribution in [2.24, 2.45) is 0 Å². The number of hydrogen-bond acceptors (Lipinski definition) is 2. The van der Waals surface area contributed by atoms with Crippen LogP contribution in [0.25, 0.3) is 0 Å². The Kier molecular flexibility index (Phi) is 6.04. The quantitative estimate of drug-likeness (QED) is 0.535. The van der Waals surface area contributed by atoms with Gasteiger partial charge >= 0.3 is 0 Å². The van der Waals surface area contributed by atoms with E-state index in [1.165, 1.54) is 0 Å². The molecule has 1 N–H and O–H groups in total. The van der Waals surface area contributed by atoms with E-state index in [-0.39, 0.29) is 12.5 Å². The highest BCUT2D eigenvalue weighted by molar-refractivity contribution is 6.34. The van der Waals surface area contributed by atoms with E-state index in [1.54, 1.807) is 30.3 Å². The normalized spacial score (nSPS) is 10.5. The number of carbonyl (C=O) groups is 1. The smallest absolute Gasteiger partial charge is 0.255 e. The summed E-state index contributed by atoms with van der Waals surface area (Å²) < 4.78 is 5.74. The molecule has 0 saturated heterocycles. The Morgan fingerprint density at radius 1 is 1.00 bits per heavy atom. The molecular formula is C22H19Cl2NO2. The summed E-state index contributed by atoms with van der Waals surface area (Å²) in [5.74, 6) is 0.348. The molecule has 0 aliphatic heterocycles. The summed E-state index contributed by atoms with van der Waals surface area (Å²) in [5, 5.41) is 4.01. The van der Waals surface area contributed by atoms with Gasteiger partial charge in [0.25, 0.3) is 5.91 Å². The van der Waals surface area contributed by atoms with E-state index in [0.717, 1.165) is 22.4 Å². The van der Waals surface area contributed by atoms with E-state index in [9.17, 15) is 4.79 Å². The van der Waals surface area contributed by atoms with Crippen LogP contribution in [0.3, 0.4) is 0 Å². The van der Waals surface area contributed by atoms with Gasteiger partial charge in [0, 0.05) is 22.3 Å². The number of halogens is 2. The number of hydrogen-bond donors (Lipinski definition) is 1. The minimum atomic E-state index is -0.161. The van der Waals surface area contributed by atoms with E-state index in [0.29, 0.717) is 21.4 Å². The largest absolute Gasteiger partial charge is 0.487 e. The molecule has 27 heavy (non-hydrogen) atoms. The monoisotopic (exact) mass is 399 g/mol. The fourth-order valence-corrected chi connectivity index (χ4v) is 2.97. The van der Waals surface area contributed by atoms with E-state index in [1.807, 2.05) is 44.2 Å². The number of anilines is 1. The molecule has 0 spiro atoms. The number of amides is 1. The lowest BCUT2D eigenvalue weighted by Gasteiger charge is -2.12. The van der Waals surface area contributed by atoms with Crippen LogP contribution >= 0.6 is 23.2 Å². The zero-order valence-corrected chi connectivity index (χ0v) is 16.6. The van der Waals surface area contributed by atoms with Gasteiger partial charge in [0.15, 0.2) is 0 Å². The standard InChI is InChI=1S/C22H19Cl2NO2/c1-14-5-3-8-20(15(14)2)25-22(26)17-7-4-6-16(11-17)13-27-21-12-18(23)9-10-19(21)24/h3-12H,13H2,1-2H3,(H,25,26). The lowest BCUT2D eigenvalue weighted by Crippen LogP contribution is -2.13. The van der Waals surface area contributed by atoms with E-state index >= 15 is 0 Å². The third-order valence-electron chi connectivity index (χ3n) is 4.33. The summed E-state index contributed by atoms with van der Waals surface area (Å²) in [6.07, 6.45) is 0. The van der Waals surface area contributed by atoms with Crippen molar-refractivity contribution in [3.63, 3.8) is 0 Å². The van der Waals surface area contributed by atoms with Gasteiger partial charge in [-0.15, -0.1) is 0 Å². The van der Waals surface area contributed by atoms with Gasteiger partial charge < -0.3 is 10.1 Å². The molecule has 0 fully saturated rings. The third kappa shape index (κ3) is 4.82. The minimum Gasteiger partial charge on any atom is -0.487 e. The first kappa shape index (κ1) is 19.3. The van der Waals surface area contributed by atoms with Crippen molar-refractivity contribution in [3.05, 3.63) is 93.0 Å². The maximum Gasteiger partial charge on any atom is 0.255 e. The molecule has 0 bridgehead atoms. The molecule has 0 saturated carbocycles. The van der Waals surface area contributed by atoms with Crippen LogP contribution in [0.5, 0.6) is 5.75 Å². The zero-order valence-electron chi connectivity index (χ0n) is 15.1. The average Bonchev–Trinajstić information content (AvgIpc) is 2.66. The Bertz CT molecular complexity index is 986. The molecular weight excluding hydrogens is 381 g/mol. The van der Waals surface area contributed by atoms with Crippen molar-refractivity contribution in [1.82, 2.24) is 0 Å². The van der Waals surface area contributed by atoms with Gasteiger partial charge in [0.05, 0.1) is 5.02 Å². The maximum absolute atomic E-state index is 12.6. The first-order chi connectivity index (χ1) is 12.9. The lowest BCUT2D eigenvalue weighted by atomic mass is 10.1. The number of rotatable bonds is 5. The Morgan fingerprint density at radius 2 is 1.78 bits per heavy atom. The van der Waals surface area contributed by atoms with E-state index in [2.05, 4.69) is 5.32 Å². The first-order valence-electron chi connectivity index (χ1n) is 8.48. The first-order valence-corrected chi connectivity index (χ1v) is 9.24. The number of ether oxygens (including phenoxy) is 1. The minimum absolute atomic E-state index is 0.161. The van der Waals surface area contributed by atoms with Crippen LogP contribution in [-0.2, 0) is 6.61 Å². The summed E-state index contributed by atoms with van der Waals surface area (Å²) in [6, 6.07) is 18.2. The number of benzene rings is 3. The van der Waals surface area contributed by atoms with Gasteiger partial charge in [0.2, 0.25) is 0 Å². The second-order valence-corrected chi connectivity index (χ2v) is 7.11. The third-order valence-corrected chi connectivity index (χ3v) is 4.88. The van der Waals surface area contributed by atoms with Crippen LogP contribution in [0.1, 0.15) is 27.0 Å². The average molecular weight is 400 g/mol. The maximum atomic E-state index is 12.6. The van der Waals surface area contributed by atoms with E-state index in [4.69, 9.17) is 27.9 Å². The molecule has 0 radical (unpaired) electrons. The van der Waals surface area contributed by atoms with Crippen LogP contribution in [0.15, 0.2) is 60.7 Å². The molecule has 0 heterocycles. The van der Waals surface area contributed by atoms with Crippen LogP contribution in [-0.4, -0.2) is 5.91 Å². The number of nitrogens with one attached hydrogen (secondary N) is 1. The fourth-order valence-electron chi connectivity index (χ4n) is 2.63. The molecule has 1 amide bonds. The van der Waals surface area contributed by atoms with Crippen LogP contribution in [0, 0.1) is 13.8 Å². The van der Waals surface area contributed by atoms with Crippen LogP contribution < -0.4 is 10.1 Å². The SMILES string of the molecule is Cc1cccc(NC(=O)c2cccc(COc3cc(Cl)ccc3Cl)c2)c1C. The van der Waals surface area contributed by atoms with Gasteiger partial charge in [0.1, 0.15) is 12.4 Å². The molecule has 138 valence electrons. The van der Waals surface area contributed by atoms with Crippen molar-refractivity contribution in [1.29, 1.82) is 0 Å². The highest BCUT2D eigenvalue weighted by Crippen LogP contribution is 2.28. The van der Waals surface area contributed by atoms with Crippen molar-refractivity contribution in [2.75, 3.05) is 5.32 Å². The topological polar surface area (TPSA) is 38.3 Å². The van der Waals surface area contributed by atoms with Crippen molar-refractivity contribution in [3.8, 4) is 5.75 Å². The Labute approximate surface area is 168 Å². The van der Waals surface area contributed by atoms with Crippen molar-refractivity contribution < 1.29 is 9.53 Å². The molecule has 0 aliphatic rings. The van der Waals surface area contributed by atoms with Gasteiger partial charge in [-0.25, -0.2) is 0 Å². The van der Waals surface area contributed by atoms with Gasteiger partial charge in [-0.3, -0.25) is 4.79 Å². The number of carbonyl (C=O) groups excluding carboxylic acids is 1. The van der Waals surface area contributed by atoms with Crippen molar-refractivity contribution in [2.45, 2.75) is 20.5 Å². The second-order valence-electron chi connectivity index (χ2n) is 6.27. The molecule has 0 aromatic heterocycles. The van der Waals surface area contributed by atoms with E-state index < -0.39 is 0 Å². The Morgan fingerprint density at radius 3 is 2.59 bits per heavy atom.